The van der Waals surface area contributed by atoms with E-state index in [9.17, 15) is 4.79 Å². The molecule has 0 bridgehead atoms. The Morgan fingerprint density at radius 3 is 2.26 bits per heavy atom. The number of ether oxygens (including phenoxy) is 1. The Bertz CT molecular complexity index is 375. The molecule has 0 aromatic carbocycles. The number of carbonyl (C=O) groups excluding carboxylic acids is 1. The second kappa shape index (κ2) is 10.9. The highest BCUT2D eigenvalue weighted by Crippen LogP contribution is 2.10. The summed E-state index contributed by atoms with van der Waals surface area (Å²) in [5, 5.41) is 0. The van der Waals surface area contributed by atoms with E-state index in [1.54, 1.807) is 4.90 Å². The van der Waals surface area contributed by atoms with Gasteiger partial charge in [0.15, 0.2) is 5.96 Å². The largest absolute Gasteiger partial charge is 0.444 e. The first kappa shape index (κ1) is 22.3. The van der Waals surface area contributed by atoms with Crippen LogP contribution >= 0.6 is 24.0 Å². The van der Waals surface area contributed by atoms with E-state index in [0.29, 0.717) is 25.6 Å². The normalized spacial score (nSPS) is 16.3. The summed E-state index contributed by atoms with van der Waals surface area (Å²) in [7, 11) is 0. The number of nitrogens with two attached hydrogens (primary N) is 1. The van der Waals surface area contributed by atoms with Crippen molar-refractivity contribution in [2.75, 3.05) is 32.7 Å². The van der Waals surface area contributed by atoms with Gasteiger partial charge in [0.1, 0.15) is 5.60 Å². The van der Waals surface area contributed by atoms with Gasteiger partial charge in [-0.2, -0.15) is 0 Å². The Morgan fingerprint density at radius 1 is 1.22 bits per heavy atom. The number of rotatable bonds is 4. The fourth-order valence-corrected chi connectivity index (χ4v) is 2.39. The summed E-state index contributed by atoms with van der Waals surface area (Å²) in [6.07, 6.45) is 4.60. The van der Waals surface area contributed by atoms with Gasteiger partial charge in [0.05, 0.1) is 6.54 Å². The van der Waals surface area contributed by atoms with Gasteiger partial charge in [0.25, 0.3) is 0 Å². The number of carbonyl (C=O) groups is 1. The highest BCUT2D eigenvalue weighted by molar-refractivity contribution is 14.0. The van der Waals surface area contributed by atoms with Gasteiger partial charge in [0, 0.05) is 26.2 Å². The van der Waals surface area contributed by atoms with Gasteiger partial charge >= 0.3 is 6.09 Å². The van der Waals surface area contributed by atoms with Crippen molar-refractivity contribution < 1.29 is 9.53 Å². The first-order valence-electron chi connectivity index (χ1n) is 8.36. The van der Waals surface area contributed by atoms with Gasteiger partial charge in [0.2, 0.25) is 0 Å². The standard InChI is InChI=1S/C16H32N4O2.HI/c1-5-19(15(21)22-16(2,3)4)13-10-18-14(17)20-11-8-6-7-9-12-20;/h5-13H2,1-4H3,(H2,17,18);1H. The molecule has 1 amide bonds. The SMILES string of the molecule is CCN(CCN=C(N)N1CCCCCC1)C(=O)OC(C)(C)C.I. The maximum Gasteiger partial charge on any atom is 0.410 e. The molecule has 1 saturated heterocycles. The third-order valence-corrected chi connectivity index (χ3v) is 3.61. The fraction of sp³-hybridized carbons (Fsp3) is 0.875. The summed E-state index contributed by atoms with van der Waals surface area (Å²) < 4.78 is 5.38. The number of hydrogen-bond acceptors (Lipinski definition) is 3. The van der Waals surface area contributed by atoms with E-state index in [4.69, 9.17) is 10.5 Å². The Hall–Kier alpha value is -0.730. The monoisotopic (exact) mass is 440 g/mol. The molecule has 136 valence electrons. The maximum absolute atomic E-state index is 12.0. The molecule has 0 aromatic rings. The van der Waals surface area contributed by atoms with Crippen molar-refractivity contribution in [1.82, 2.24) is 9.80 Å². The second-order valence-corrected chi connectivity index (χ2v) is 6.70. The van der Waals surface area contributed by atoms with Crippen LogP contribution < -0.4 is 5.73 Å². The van der Waals surface area contributed by atoms with E-state index in [2.05, 4.69) is 9.89 Å². The van der Waals surface area contributed by atoms with Crippen molar-refractivity contribution >= 4 is 36.0 Å². The molecular formula is C16H33IN4O2. The molecule has 7 heteroatoms. The van der Waals surface area contributed by atoms with E-state index in [0.717, 1.165) is 13.1 Å². The van der Waals surface area contributed by atoms with E-state index >= 15 is 0 Å². The summed E-state index contributed by atoms with van der Waals surface area (Å²) >= 11 is 0. The maximum atomic E-state index is 12.0. The van der Waals surface area contributed by atoms with Crippen LogP contribution in [0.3, 0.4) is 0 Å². The van der Waals surface area contributed by atoms with Gasteiger partial charge in [-0.25, -0.2) is 4.79 Å². The van der Waals surface area contributed by atoms with Gasteiger partial charge < -0.3 is 20.3 Å². The predicted molar refractivity (Wildman–Crippen MR) is 105 cm³/mol. The molecule has 0 spiro atoms. The molecule has 2 N–H and O–H groups in total. The number of guanidine groups is 1. The summed E-state index contributed by atoms with van der Waals surface area (Å²) in [6.45, 7) is 11.2. The van der Waals surface area contributed by atoms with Crippen LogP contribution in [-0.2, 0) is 4.74 Å². The molecule has 1 aliphatic heterocycles. The van der Waals surface area contributed by atoms with Crippen LogP contribution in [0.1, 0.15) is 53.4 Å². The van der Waals surface area contributed by atoms with Crippen LogP contribution in [0, 0.1) is 0 Å². The molecule has 6 nitrogen and oxygen atoms in total. The minimum Gasteiger partial charge on any atom is -0.444 e. The lowest BCUT2D eigenvalue weighted by Gasteiger charge is -2.26. The summed E-state index contributed by atoms with van der Waals surface area (Å²) in [4.78, 5) is 20.3. The molecule has 1 heterocycles. The van der Waals surface area contributed by atoms with E-state index in [-0.39, 0.29) is 30.1 Å². The smallest absolute Gasteiger partial charge is 0.410 e. The average Bonchev–Trinajstić information content (AvgIpc) is 2.70. The van der Waals surface area contributed by atoms with Crippen LogP contribution in [0.5, 0.6) is 0 Å². The lowest BCUT2D eigenvalue weighted by atomic mass is 10.2. The molecule has 0 saturated carbocycles. The molecular weight excluding hydrogens is 407 g/mol. The number of likely N-dealkylation sites (tertiary alicyclic amines) is 1. The minimum atomic E-state index is -0.473. The Labute approximate surface area is 157 Å². The zero-order valence-corrected chi connectivity index (χ0v) is 17.3. The lowest BCUT2D eigenvalue weighted by Crippen LogP contribution is -2.40. The Kier molecular flexibility index (Phi) is 10.6. The summed E-state index contributed by atoms with van der Waals surface area (Å²) in [5.74, 6) is 0.599. The molecule has 0 unspecified atom stereocenters. The first-order chi connectivity index (χ1) is 10.3. The van der Waals surface area contributed by atoms with Crippen LogP contribution in [0.25, 0.3) is 0 Å². The number of aliphatic imine (C=N–C) groups is 1. The number of likely N-dealkylation sites (N-methyl/N-ethyl adjacent to an activating group) is 1. The summed E-state index contributed by atoms with van der Waals surface area (Å²) in [6, 6.07) is 0. The van der Waals surface area contributed by atoms with Crippen LogP contribution in [0.15, 0.2) is 4.99 Å². The van der Waals surface area contributed by atoms with Gasteiger partial charge in [-0.3, -0.25) is 4.99 Å². The predicted octanol–water partition coefficient (Wildman–Crippen LogP) is 3.05. The van der Waals surface area contributed by atoms with Crippen molar-refractivity contribution in [3.05, 3.63) is 0 Å². The minimum absolute atomic E-state index is 0. The quantitative estimate of drug-likeness (QED) is 0.415. The van der Waals surface area contributed by atoms with Gasteiger partial charge in [-0.1, -0.05) is 12.8 Å². The van der Waals surface area contributed by atoms with Crippen molar-refractivity contribution in [2.45, 2.75) is 59.0 Å². The number of amides is 1. The third-order valence-electron chi connectivity index (χ3n) is 3.61. The van der Waals surface area contributed by atoms with Crippen LogP contribution in [0.4, 0.5) is 4.79 Å². The number of halogens is 1. The average molecular weight is 440 g/mol. The summed E-state index contributed by atoms with van der Waals surface area (Å²) in [5.41, 5.74) is 5.59. The third kappa shape index (κ3) is 9.22. The zero-order valence-electron chi connectivity index (χ0n) is 15.0. The van der Waals surface area contributed by atoms with Crippen molar-refractivity contribution in [2.24, 2.45) is 10.7 Å². The topological polar surface area (TPSA) is 71.2 Å². The van der Waals surface area contributed by atoms with Crippen molar-refractivity contribution in [3.63, 3.8) is 0 Å². The molecule has 0 radical (unpaired) electrons. The Morgan fingerprint density at radius 2 is 1.78 bits per heavy atom. The Balaban J connectivity index is 0.00000484. The van der Waals surface area contributed by atoms with E-state index in [1.165, 1.54) is 25.7 Å². The molecule has 0 aliphatic carbocycles. The molecule has 1 aliphatic rings. The van der Waals surface area contributed by atoms with E-state index < -0.39 is 5.60 Å². The molecule has 1 fully saturated rings. The van der Waals surface area contributed by atoms with Crippen LogP contribution in [0.2, 0.25) is 0 Å². The fourth-order valence-electron chi connectivity index (χ4n) is 2.39. The molecule has 23 heavy (non-hydrogen) atoms. The highest BCUT2D eigenvalue weighted by Gasteiger charge is 2.20. The van der Waals surface area contributed by atoms with Gasteiger partial charge in [-0.15, -0.1) is 24.0 Å². The van der Waals surface area contributed by atoms with E-state index in [1.807, 2.05) is 27.7 Å². The van der Waals surface area contributed by atoms with Crippen molar-refractivity contribution in [3.8, 4) is 0 Å². The van der Waals surface area contributed by atoms with Crippen LogP contribution in [-0.4, -0.2) is 60.2 Å². The second-order valence-electron chi connectivity index (χ2n) is 6.70. The number of nitrogens with zero attached hydrogens (tertiary/aromatic N) is 3. The lowest BCUT2D eigenvalue weighted by molar-refractivity contribution is 0.0266. The molecule has 0 atom stereocenters. The highest BCUT2D eigenvalue weighted by atomic mass is 127. The first-order valence-corrected chi connectivity index (χ1v) is 8.36. The molecule has 1 rings (SSSR count). The van der Waals surface area contributed by atoms with Crippen molar-refractivity contribution in [1.29, 1.82) is 0 Å². The number of hydrogen-bond donors (Lipinski definition) is 1. The van der Waals surface area contributed by atoms with Gasteiger partial charge in [-0.05, 0) is 40.5 Å². The zero-order chi connectivity index (χ0) is 16.6. The molecule has 0 aromatic heterocycles.